The lowest BCUT2D eigenvalue weighted by Crippen LogP contribution is -2.14. The third kappa shape index (κ3) is 5.08. The SMILES string of the molecule is O=C(CSc1ccc(NC(=O)c2ccco2)nn1)Nc1ccc(Cl)cc1. The largest absolute Gasteiger partial charge is 0.459 e. The van der Waals surface area contributed by atoms with E-state index in [4.69, 9.17) is 16.0 Å². The van der Waals surface area contributed by atoms with Crippen LogP contribution in [0.3, 0.4) is 0 Å². The number of carbonyl (C=O) groups is 2. The molecule has 9 heteroatoms. The Balaban J connectivity index is 1.48. The molecule has 2 amide bonds. The number of aromatic nitrogens is 2. The number of nitrogens with zero attached hydrogens (tertiary/aromatic N) is 2. The maximum atomic E-state index is 11.9. The second kappa shape index (κ2) is 8.50. The third-order valence-electron chi connectivity index (χ3n) is 3.11. The fraction of sp³-hybridized carbons (Fsp3) is 0.0588. The Labute approximate surface area is 158 Å². The fourth-order valence-corrected chi connectivity index (χ4v) is 2.66. The molecule has 3 rings (SSSR count). The maximum Gasteiger partial charge on any atom is 0.292 e. The molecule has 0 aliphatic rings. The molecular weight excluding hydrogens is 376 g/mol. The molecule has 0 atom stereocenters. The van der Waals surface area contributed by atoms with Gasteiger partial charge in [0.2, 0.25) is 5.91 Å². The van der Waals surface area contributed by atoms with Gasteiger partial charge in [0.25, 0.3) is 5.91 Å². The molecule has 0 spiro atoms. The number of halogens is 1. The summed E-state index contributed by atoms with van der Waals surface area (Å²) in [7, 11) is 0. The molecule has 0 aliphatic heterocycles. The summed E-state index contributed by atoms with van der Waals surface area (Å²) in [5.41, 5.74) is 0.669. The van der Waals surface area contributed by atoms with Crippen LogP contribution in [0.25, 0.3) is 0 Å². The topological polar surface area (TPSA) is 97.1 Å². The van der Waals surface area contributed by atoms with Gasteiger partial charge in [-0.15, -0.1) is 10.2 Å². The molecule has 0 saturated heterocycles. The average molecular weight is 389 g/mol. The van der Waals surface area contributed by atoms with Crippen LogP contribution in [0.2, 0.25) is 5.02 Å². The highest BCUT2D eigenvalue weighted by molar-refractivity contribution is 7.99. The Bertz CT molecular complexity index is 883. The lowest BCUT2D eigenvalue weighted by Gasteiger charge is -2.05. The van der Waals surface area contributed by atoms with Crippen molar-refractivity contribution in [3.05, 3.63) is 65.6 Å². The van der Waals surface area contributed by atoms with E-state index in [1.807, 2.05) is 0 Å². The molecular formula is C17H13ClN4O3S. The second-order valence-electron chi connectivity index (χ2n) is 5.03. The van der Waals surface area contributed by atoms with Gasteiger partial charge in [0.05, 0.1) is 12.0 Å². The third-order valence-corrected chi connectivity index (χ3v) is 4.28. The molecule has 0 bridgehead atoms. The minimum atomic E-state index is -0.410. The van der Waals surface area contributed by atoms with Crippen molar-refractivity contribution in [3.8, 4) is 0 Å². The highest BCUT2D eigenvalue weighted by Crippen LogP contribution is 2.17. The minimum Gasteiger partial charge on any atom is -0.459 e. The summed E-state index contributed by atoms with van der Waals surface area (Å²) < 4.78 is 5.00. The zero-order valence-electron chi connectivity index (χ0n) is 13.3. The Hall–Kier alpha value is -2.84. The lowest BCUT2D eigenvalue weighted by atomic mass is 10.3. The van der Waals surface area contributed by atoms with Gasteiger partial charge >= 0.3 is 0 Å². The number of hydrogen-bond donors (Lipinski definition) is 2. The standard InChI is InChI=1S/C17H13ClN4O3S/c18-11-3-5-12(6-4-11)19-15(23)10-26-16-8-7-14(21-22-16)20-17(24)13-2-1-9-25-13/h1-9H,10H2,(H,19,23)(H,20,21,24). The molecule has 132 valence electrons. The molecule has 0 saturated carbocycles. The zero-order chi connectivity index (χ0) is 18.4. The van der Waals surface area contributed by atoms with Crippen LogP contribution in [0.1, 0.15) is 10.6 Å². The van der Waals surface area contributed by atoms with Gasteiger partial charge in [0, 0.05) is 10.7 Å². The molecule has 2 aromatic heterocycles. The minimum absolute atomic E-state index is 0.172. The number of thioether (sulfide) groups is 1. The predicted molar refractivity (Wildman–Crippen MR) is 99.5 cm³/mol. The summed E-state index contributed by atoms with van der Waals surface area (Å²) >= 11 is 7.03. The van der Waals surface area contributed by atoms with Gasteiger partial charge in [0.1, 0.15) is 5.03 Å². The summed E-state index contributed by atoms with van der Waals surface area (Å²) in [6.07, 6.45) is 1.41. The molecule has 0 aliphatic carbocycles. The Morgan fingerprint density at radius 2 is 1.85 bits per heavy atom. The molecule has 2 heterocycles. The number of furan rings is 1. The van der Waals surface area contributed by atoms with Crippen molar-refractivity contribution in [2.24, 2.45) is 0 Å². The lowest BCUT2D eigenvalue weighted by molar-refractivity contribution is -0.113. The zero-order valence-corrected chi connectivity index (χ0v) is 14.9. The van der Waals surface area contributed by atoms with E-state index in [0.717, 1.165) is 0 Å². The van der Waals surface area contributed by atoms with Gasteiger partial charge in [-0.25, -0.2) is 0 Å². The molecule has 1 aromatic carbocycles. The van der Waals surface area contributed by atoms with Crippen LogP contribution < -0.4 is 10.6 Å². The summed E-state index contributed by atoms with van der Waals surface area (Å²) in [6, 6.07) is 13.3. The van der Waals surface area contributed by atoms with Crippen molar-refractivity contribution in [1.29, 1.82) is 0 Å². The van der Waals surface area contributed by atoms with E-state index in [2.05, 4.69) is 20.8 Å². The molecule has 0 fully saturated rings. The fourth-order valence-electron chi connectivity index (χ4n) is 1.92. The first-order valence-corrected chi connectivity index (χ1v) is 8.83. The van der Waals surface area contributed by atoms with E-state index in [1.165, 1.54) is 18.0 Å². The van der Waals surface area contributed by atoms with Gasteiger partial charge < -0.3 is 15.1 Å². The van der Waals surface area contributed by atoms with Crippen LogP contribution >= 0.6 is 23.4 Å². The highest BCUT2D eigenvalue weighted by Gasteiger charge is 2.10. The van der Waals surface area contributed by atoms with E-state index >= 15 is 0 Å². The number of anilines is 2. The van der Waals surface area contributed by atoms with Gasteiger partial charge in [0.15, 0.2) is 11.6 Å². The Morgan fingerprint density at radius 3 is 2.50 bits per heavy atom. The predicted octanol–water partition coefficient (Wildman–Crippen LogP) is 3.71. The van der Waals surface area contributed by atoms with Gasteiger partial charge in [-0.1, -0.05) is 23.4 Å². The van der Waals surface area contributed by atoms with Crippen LogP contribution in [0.4, 0.5) is 11.5 Å². The highest BCUT2D eigenvalue weighted by atomic mass is 35.5. The van der Waals surface area contributed by atoms with Crippen LogP contribution in [-0.4, -0.2) is 27.8 Å². The monoisotopic (exact) mass is 388 g/mol. The molecule has 7 nitrogen and oxygen atoms in total. The quantitative estimate of drug-likeness (QED) is 0.625. The van der Waals surface area contributed by atoms with Crippen molar-refractivity contribution < 1.29 is 14.0 Å². The Kier molecular flexibility index (Phi) is 5.88. The summed E-state index contributed by atoms with van der Waals surface area (Å²) in [6.45, 7) is 0. The number of hydrogen-bond acceptors (Lipinski definition) is 6. The van der Waals surface area contributed by atoms with Crippen LogP contribution in [0.15, 0.2) is 64.2 Å². The van der Waals surface area contributed by atoms with E-state index in [-0.39, 0.29) is 17.4 Å². The second-order valence-corrected chi connectivity index (χ2v) is 6.46. The van der Waals surface area contributed by atoms with Crippen LogP contribution in [-0.2, 0) is 4.79 Å². The first-order chi connectivity index (χ1) is 12.6. The Morgan fingerprint density at radius 1 is 1.04 bits per heavy atom. The smallest absolute Gasteiger partial charge is 0.292 e. The van der Waals surface area contributed by atoms with Gasteiger partial charge in [-0.05, 0) is 48.5 Å². The summed E-state index contributed by atoms with van der Waals surface area (Å²) in [5, 5.41) is 14.4. The molecule has 3 aromatic rings. The normalized spacial score (nSPS) is 10.3. The number of nitrogens with one attached hydrogen (secondary N) is 2. The van der Waals surface area contributed by atoms with Crippen molar-refractivity contribution >= 4 is 46.7 Å². The van der Waals surface area contributed by atoms with Crippen LogP contribution in [0.5, 0.6) is 0 Å². The first-order valence-electron chi connectivity index (χ1n) is 7.47. The number of rotatable bonds is 6. The van der Waals surface area contributed by atoms with Gasteiger partial charge in [-0.2, -0.15) is 0 Å². The molecule has 2 N–H and O–H groups in total. The van der Waals surface area contributed by atoms with Crippen molar-refractivity contribution in [3.63, 3.8) is 0 Å². The number of benzene rings is 1. The van der Waals surface area contributed by atoms with E-state index in [9.17, 15) is 9.59 Å². The van der Waals surface area contributed by atoms with Crippen molar-refractivity contribution in [2.45, 2.75) is 5.03 Å². The maximum absolute atomic E-state index is 11.9. The summed E-state index contributed by atoms with van der Waals surface area (Å²) in [4.78, 5) is 23.8. The number of amides is 2. The van der Waals surface area contributed by atoms with Crippen molar-refractivity contribution in [1.82, 2.24) is 10.2 Å². The van der Waals surface area contributed by atoms with E-state index in [1.54, 1.807) is 48.5 Å². The van der Waals surface area contributed by atoms with Gasteiger partial charge in [-0.3, -0.25) is 9.59 Å². The molecule has 26 heavy (non-hydrogen) atoms. The van der Waals surface area contributed by atoms with E-state index < -0.39 is 5.91 Å². The average Bonchev–Trinajstić information content (AvgIpc) is 3.18. The van der Waals surface area contributed by atoms with Crippen molar-refractivity contribution in [2.75, 3.05) is 16.4 Å². The molecule has 0 radical (unpaired) electrons. The summed E-state index contributed by atoms with van der Waals surface area (Å²) in [5.74, 6) is 0.0712. The molecule has 0 unspecified atom stereocenters. The van der Waals surface area contributed by atoms with E-state index in [0.29, 0.717) is 21.6 Å². The first kappa shape index (κ1) is 18.0. The van der Waals surface area contributed by atoms with Crippen LogP contribution in [0, 0.1) is 0 Å². The number of carbonyl (C=O) groups excluding carboxylic acids is 2.